The van der Waals surface area contributed by atoms with E-state index in [1.807, 2.05) is 42.5 Å². The standard InChI is InChI=1S/C49H49FN6O9S/c50-40-21-18-36(19-22-40)42-30-39(35-11-4-3-5-12-35)31-47(55-42)65-27-9-2-1-6-15-46(57)54-43(49(59)60)29-34-16-23-41(24-17-34)64-28-10-26-51-48(58)38-20-25-45(52-32-38)56-53-33-37-13-7-8-14-44(37)66(61,62)63/h3-5,7-8,11-14,16-25,30-33,43H,1-2,6,9-10,15,26-29H2,(H,51,58)(H,52,56)(H,54,57)(H,59,60)(H,61,62,63)/b53-33+. The van der Waals surface area contributed by atoms with Crippen molar-refractivity contribution >= 4 is 39.9 Å². The van der Waals surface area contributed by atoms with Crippen LogP contribution in [0.25, 0.3) is 22.4 Å². The summed E-state index contributed by atoms with van der Waals surface area (Å²) >= 11 is 0. The quantitative estimate of drug-likeness (QED) is 0.0169. The lowest BCUT2D eigenvalue weighted by Crippen LogP contribution is -2.42. The number of ether oxygens (including phenoxy) is 2. The van der Waals surface area contributed by atoms with Gasteiger partial charge in [-0.1, -0.05) is 73.5 Å². The van der Waals surface area contributed by atoms with E-state index in [0.717, 1.165) is 36.0 Å². The smallest absolute Gasteiger partial charge is 0.326 e. The Hall–Kier alpha value is -7.50. The van der Waals surface area contributed by atoms with Gasteiger partial charge in [0.2, 0.25) is 11.8 Å². The fourth-order valence-corrected chi connectivity index (χ4v) is 7.31. The van der Waals surface area contributed by atoms with Gasteiger partial charge >= 0.3 is 5.97 Å². The van der Waals surface area contributed by atoms with Gasteiger partial charge in [0.25, 0.3) is 16.0 Å². The lowest BCUT2D eigenvalue weighted by molar-refractivity contribution is -0.141. The summed E-state index contributed by atoms with van der Waals surface area (Å²) in [5.74, 6) is -0.808. The highest BCUT2D eigenvalue weighted by Gasteiger charge is 2.20. The number of anilines is 1. The van der Waals surface area contributed by atoms with Gasteiger partial charge in [0, 0.05) is 42.8 Å². The van der Waals surface area contributed by atoms with Crippen LogP contribution in [0.5, 0.6) is 11.6 Å². The van der Waals surface area contributed by atoms with E-state index in [1.54, 1.807) is 48.5 Å². The third kappa shape index (κ3) is 15.1. The highest BCUT2D eigenvalue weighted by molar-refractivity contribution is 7.86. The first-order valence-corrected chi connectivity index (χ1v) is 22.7. The van der Waals surface area contributed by atoms with Crippen LogP contribution in [-0.4, -0.2) is 77.8 Å². The van der Waals surface area contributed by atoms with Gasteiger partial charge in [-0.05, 0) is 96.6 Å². The number of carboxylic acid groups (broad SMARTS) is 1. The van der Waals surface area contributed by atoms with Crippen molar-refractivity contribution < 1.29 is 46.3 Å². The molecule has 6 aromatic rings. The Morgan fingerprint density at radius 2 is 1.50 bits per heavy atom. The van der Waals surface area contributed by atoms with Crippen LogP contribution in [0, 0.1) is 5.82 Å². The monoisotopic (exact) mass is 916 g/mol. The summed E-state index contributed by atoms with van der Waals surface area (Å²) in [6.07, 6.45) is 6.25. The molecule has 2 aromatic heterocycles. The number of halogens is 1. The van der Waals surface area contributed by atoms with Gasteiger partial charge in [-0.15, -0.1) is 0 Å². The van der Waals surface area contributed by atoms with Crippen LogP contribution in [0.4, 0.5) is 10.2 Å². The molecule has 0 aliphatic heterocycles. The predicted molar refractivity (Wildman–Crippen MR) is 248 cm³/mol. The molecular formula is C49H49FN6O9S. The Morgan fingerprint density at radius 3 is 2.23 bits per heavy atom. The van der Waals surface area contributed by atoms with E-state index >= 15 is 0 Å². The molecule has 342 valence electrons. The second-order valence-corrected chi connectivity index (χ2v) is 16.4. The van der Waals surface area contributed by atoms with E-state index in [9.17, 15) is 36.9 Å². The number of pyridine rings is 2. The van der Waals surface area contributed by atoms with Gasteiger partial charge in [-0.25, -0.2) is 19.2 Å². The van der Waals surface area contributed by atoms with E-state index in [1.165, 1.54) is 48.8 Å². The molecule has 1 unspecified atom stereocenters. The molecule has 17 heteroatoms. The van der Waals surface area contributed by atoms with Crippen LogP contribution in [0.1, 0.15) is 60.0 Å². The largest absolute Gasteiger partial charge is 0.494 e. The van der Waals surface area contributed by atoms with Gasteiger partial charge in [-0.3, -0.25) is 19.6 Å². The summed E-state index contributed by atoms with van der Waals surface area (Å²) in [5, 5.41) is 19.2. The molecule has 66 heavy (non-hydrogen) atoms. The molecule has 0 bridgehead atoms. The molecule has 0 fully saturated rings. The molecular weight excluding hydrogens is 868 g/mol. The highest BCUT2D eigenvalue weighted by Crippen LogP contribution is 2.29. The van der Waals surface area contributed by atoms with Crippen molar-refractivity contribution in [1.29, 1.82) is 0 Å². The number of carbonyl (C=O) groups excluding carboxylic acids is 2. The lowest BCUT2D eigenvalue weighted by atomic mass is 10.0. The van der Waals surface area contributed by atoms with Crippen LogP contribution in [0.3, 0.4) is 0 Å². The molecule has 1 atom stereocenters. The zero-order valence-corrected chi connectivity index (χ0v) is 36.6. The zero-order chi connectivity index (χ0) is 46.7. The van der Waals surface area contributed by atoms with Gasteiger partial charge in [-0.2, -0.15) is 13.5 Å². The molecule has 0 saturated carbocycles. The molecule has 2 heterocycles. The lowest BCUT2D eigenvalue weighted by Gasteiger charge is -2.15. The maximum Gasteiger partial charge on any atom is 0.326 e. The molecule has 5 N–H and O–H groups in total. The number of unbranched alkanes of at least 4 members (excludes halogenated alkanes) is 3. The average Bonchev–Trinajstić information content (AvgIpc) is 3.31. The first-order valence-electron chi connectivity index (χ1n) is 21.2. The number of hydrogen-bond acceptors (Lipinski definition) is 11. The highest BCUT2D eigenvalue weighted by atomic mass is 32.2. The summed E-state index contributed by atoms with van der Waals surface area (Å²) in [6.45, 7) is 1.05. The van der Waals surface area contributed by atoms with E-state index in [0.29, 0.717) is 66.9 Å². The van der Waals surface area contributed by atoms with E-state index in [4.69, 9.17) is 9.47 Å². The Kier molecular flexibility index (Phi) is 17.4. The van der Waals surface area contributed by atoms with Crippen LogP contribution in [0.2, 0.25) is 0 Å². The average molecular weight is 917 g/mol. The number of nitrogens with one attached hydrogen (secondary N) is 3. The fraction of sp³-hybridized carbons (Fsp3) is 0.224. The van der Waals surface area contributed by atoms with E-state index < -0.39 is 22.1 Å². The van der Waals surface area contributed by atoms with Crippen molar-refractivity contribution in [1.82, 2.24) is 20.6 Å². The molecule has 0 spiro atoms. The number of hydrazone groups is 1. The van der Waals surface area contributed by atoms with Gasteiger partial charge in [0.05, 0.1) is 30.7 Å². The van der Waals surface area contributed by atoms with Crippen LogP contribution >= 0.6 is 0 Å². The van der Waals surface area contributed by atoms with Crippen molar-refractivity contribution in [2.75, 3.05) is 25.2 Å². The number of aromatic nitrogens is 2. The van der Waals surface area contributed by atoms with Crippen LogP contribution < -0.4 is 25.5 Å². The third-order valence-electron chi connectivity index (χ3n) is 10.1. The fourth-order valence-electron chi connectivity index (χ4n) is 6.64. The minimum atomic E-state index is -4.42. The topological polar surface area (TPSA) is 218 Å². The van der Waals surface area contributed by atoms with E-state index in [2.05, 4.69) is 31.1 Å². The molecule has 0 saturated heterocycles. The third-order valence-corrected chi connectivity index (χ3v) is 11.0. The first-order chi connectivity index (χ1) is 31.9. The molecule has 6 rings (SSSR count). The Labute approximate surface area is 381 Å². The maximum atomic E-state index is 13.6. The molecule has 2 amide bonds. The zero-order valence-electron chi connectivity index (χ0n) is 35.8. The van der Waals surface area contributed by atoms with Crippen molar-refractivity contribution in [2.45, 2.75) is 55.9 Å². The van der Waals surface area contributed by atoms with Gasteiger partial charge in [0.15, 0.2) is 0 Å². The first kappa shape index (κ1) is 48.0. The number of carboxylic acids is 1. The normalized spacial score (nSPS) is 11.7. The minimum Gasteiger partial charge on any atom is -0.494 e. The number of aliphatic carboxylic acids is 1. The second kappa shape index (κ2) is 24.0. The Morgan fingerprint density at radius 1 is 0.773 bits per heavy atom. The minimum absolute atomic E-state index is 0.0950. The van der Waals surface area contributed by atoms with Crippen molar-refractivity contribution in [3.63, 3.8) is 0 Å². The van der Waals surface area contributed by atoms with E-state index in [-0.39, 0.29) is 40.9 Å². The number of nitrogens with zero attached hydrogens (tertiary/aromatic N) is 3. The van der Waals surface area contributed by atoms with Crippen LogP contribution in [0.15, 0.2) is 144 Å². The van der Waals surface area contributed by atoms with Crippen molar-refractivity contribution in [3.8, 4) is 34.0 Å². The number of benzene rings is 4. The summed E-state index contributed by atoms with van der Waals surface area (Å²) in [6, 6.07) is 34.6. The molecule has 0 aliphatic carbocycles. The summed E-state index contributed by atoms with van der Waals surface area (Å²) in [7, 11) is -4.42. The van der Waals surface area contributed by atoms with Crippen molar-refractivity contribution in [2.24, 2.45) is 5.10 Å². The molecule has 4 aromatic carbocycles. The summed E-state index contributed by atoms with van der Waals surface area (Å²) in [5.41, 5.74) is 7.22. The molecule has 0 radical (unpaired) electrons. The Bertz CT molecular complexity index is 2690. The summed E-state index contributed by atoms with van der Waals surface area (Å²) in [4.78, 5) is 45.8. The van der Waals surface area contributed by atoms with Gasteiger partial charge in [0.1, 0.15) is 28.3 Å². The molecule has 0 aliphatic rings. The number of rotatable bonds is 24. The van der Waals surface area contributed by atoms with Gasteiger partial charge < -0.3 is 25.2 Å². The summed E-state index contributed by atoms with van der Waals surface area (Å²) < 4.78 is 57.9. The number of carbonyl (C=O) groups is 3. The number of hydrogen-bond donors (Lipinski definition) is 5. The Balaban J connectivity index is 0.846. The molecule has 15 nitrogen and oxygen atoms in total. The number of amides is 2. The predicted octanol–water partition coefficient (Wildman–Crippen LogP) is 7.98. The SMILES string of the molecule is O=C(CCCCCCOc1cc(-c2ccccc2)cc(-c2ccc(F)cc2)n1)NC(Cc1ccc(OCCCNC(=O)c2ccc(N/N=C/c3ccccc3S(=O)(=O)O)nc2)cc1)C(=O)O. The second-order valence-electron chi connectivity index (χ2n) is 15.0. The van der Waals surface area contributed by atoms with Crippen molar-refractivity contribution in [3.05, 3.63) is 156 Å². The maximum absolute atomic E-state index is 13.6. The van der Waals surface area contributed by atoms with Crippen LogP contribution in [-0.2, 0) is 26.1 Å².